The van der Waals surface area contributed by atoms with Crippen molar-refractivity contribution in [2.45, 2.75) is 6.92 Å². The Morgan fingerprint density at radius 3 is 2.76 bits per heavy atom. The van der Waals surface area contributed by atoms with Crippen LogP contribution in [0.5, 0.6) is 0 Å². The summed E-state index contributed by atoms with van der Waals surface area (Å²) < 4.78 is 16.9. The van der Waals surface area contributed by atoms with Crippen LogP contribution < -0.4 is 21.5 Å². The van der Waals surface area contributed by atoms with Crippen LogP contribution in [0.4, 0.5) is 21.7 Å². The number of nitrogens with zero attached hydrogens (tertiary/aromatic N) is 4. The molecule has 0 spiro atoms. The van der Waals surface area contributed by atoms with Crippen LogP contribution >= 0.6 is 0 Å². The first-order chi connectivity index (χ1) is 16.4. The zero-order valence-electron chi connectivity index (χ0n) is 18.6. The van der Waals surface area contributed by atoms with Crippen LogP contribution in [0.25, 0.3) is 11.3 Å². The van der Waals surface area contributed by atoms with E-state index in [0.717, 1.165) is 0 Å². The summed E-state index contributed by atoms with van der Waals surface area (Å²) in [6, 6.07) is 10.8. The highest BCUT2D eigenvalue weighted by Crippen LogP contribution is 2.21. The molecule has 0 aliphatic carbocycles. The van der Waals surface area contributed by atoms with Gasteiger partial charge < -0.3 is 21.1 Å². The van der Waals surface area contributed by atoms with E-state index in [-0.39, 0.29) is 41.0 Å². The van der Waals surface area contributed by atoms with Crippen LogP contribution in [-0.4, -0.2) is 50.4 Å². The van der Waals surface area contributed by atoms with Gasteiger partial charge in [0.25, 0.3) is 11.5 Å². The van der Waals surface area contributed by atoms with Crippen molar-refractivity contribution in [2.24, 2.45) is 5.92 Å². The van der Waals surface area contributed by atoms with Gasteiger partial charge in [0, 0.05) is 32.5 Å². The number of rotatable bonds is 8. The molecule has 1 aromatic carbocycles. The van der Waals surface area contributed by atoms with Crippen molar-refractivity contribution in [3.05, 3.63) is 76.6 Å². The summed E-state index contributed by atoms with van der Waals surface area (Å²) in [6.45, 7) is 2.06. The van der Waals surface area contributed by atoms with Gasteiger partial charge in [0.1, 0.15) is 28.7 Å². The number of halogens is 1. The van der Waals surface area contributed by atoms with Crippen LogP contribution in [0.15, 0.2) is 59.7 Å². The van der Waals surface area contributed by atoms with Gasteiger partial charge in [-0.1, -0.05) is 19.1 Å². The highest BCUT2D eigenvalue weighted by atomic mass is 19.1. The van der Waals surface area contributed by atoms with E-state index in [4.69, 9.17) is 0 Å². The molecule has 1 atom stereocenters. The number of benzene rings is 1. The maximum Gasteiger partial charge on any atom is 0.278 e. The molecule has 1 amide bonds. The number of aliphatic hydroxyl groups is 1. The standard InChI is InChI=1S/C23H24FN7O3/c1-14(13-32)11-26-22(33)15-12-27-31-20(25-2)10-19(29-21(15)31)28-17-7-5-9-30(23(17)34)18-8-4-3-6-16(18)24/h3-10,12,14,25,32H,11,13H2,1-2H3,(H,26,33)(H,28,29). The molecule has 3 aromatic heterocycles. The second-order valence-corrected chi connectivity index (χ2v) is 7.74. The molecule has 34 heavy (non-hydrogen) atoms. The first-order valence-corrected chi connectivity index (χ1v) is 10.6. The number of hydrogen-bond acceptors (Lipinski definition) is 7. The second kappa shape index (κ2) is 9.71. The summed E-state index contributed by atoms with van der Waals surface area (Å²) >= 11 is 0. The number of nitrogens with one attached hydrogen (secondary N) is 3. The van der Waals surface area contributed by atoms with Crippen molar-refractivity contribution in [1.29, 1.82) is 0 Å². The second-order valence-electron chi connectivity index (χ2n) is 7.74. The van der Waals surface area contributed by atoms with Gasteiger partial charge in [-0.3, -0.25) is 14.2 Å². The maximum absolute atomic E-state index is 14.2. The molecule has 11 heteroatoms. The average Bonchev–Trinajstić information content (AvgIpc) is 3.27. The fraction of sp³-hybridized carbons (Fsp3) is 0.217. The summed E-state index contributed by atoms with van der Waals surface area (Å²) in [4.78, 5) is 30.2. The Kier molecular flexibility index (Phi) is 6.55. The number of fused-ring (bicyclic) bond motifs is 1. The number of para-hydroxylation sites is 1. The third-order valence-corrected chi connectivity index (χ3v) is 5.22. The largest absolute Gasteiger partial charge is 0.396 e. The molecular formula is C23H24FN7O3. The van der Waals surface area contributed by atoms with Crippen LogP contribution in [0.2, 0.25) is 0 Å². The van der Waals surface area contributed by atoms with Crippen molar-refractivity contribution in [3.63, 3.8) is 0 Å². The number of carbonyl (C=O) groups is 1. The summed E-state index contributed by atoms with van der Waals surface area (Å²) in [6.07, 6.45) is 2.88. The Labute approximate surface area is 194 Å². The Morgan fingerprint density at radius 1 is 1.24 bits per heavy atom. The smallest absolute Gasteiger partial charge is 0.278 e. The van der Waals surface area contributed by atoms with Crippen LogP contribution in [-0.2, 0) is 0 Å². The predicted molar refractivity (Wildman–Crippen MR) is 126 cm³/mol. The van der Waals surface area contributed by atoms with E-state index in [9.17, 15) is 19.1 Å². The molecular weight excluding hydrogens is 441 g/mol. The third kappa shape index (κ3) is 4.46. The molecule has 4 rings (SSSR count). The third-order valence-electron chi connectivity index (χ3n) is 5.22. The summed E-state index contributed by atoms with van der Waals surface area (Å²) in [5.41, 5.74) is 0.343. The van der Waals surface area contributed by atoms with E-state index in [1.807, 2.05) is 6.92 Å². The highest BCUT2D eigenvalue weighted by Gasteiger charge is 2.18. The zero-order valence-corrected chi connectivity index (χ0v) is 18.6. The minimum absolute atomic E-state index is 0.0489. The van der Waals surface area contributed by atoms with Crippen molar-refractivity contribution in [2.75, 3.05) is 30.8 Å². The number of carbonyl (C=O) groups excluding carboxylic acids is 1. The fourth-order valence-electron chi connectivity index (χ4n) is 3.36. The summed E-state index contributed by atoms with van der Waals surface area (Å²) in [5.74, 6) is -0.189. The van der Waals surface area contributed by atoms with Crippen LogP contribution in [0, 0.1) is 11.7 Å². The normalized spacial score (nSPS) is 11.9. The first kappa shape index (κ1) is 22.9. The molecule has 4 aromatic rings. The molecule has 0 saturated carbocycles. The molecule has 3 heterocycles. The quantitative estimate of drug-likeness (QED) is 0.314. The lowest BCUT2D eigenvalue weighted by Gasteiger charge is -2.12. The molecule has 0 saturated heterocycles. The number of pyridine rings is 1. The Bertz CT molecular complexity index is 1400. The van der Waals surface area contributed by atoms with Gasteiger partial charge in [0.2, 0.25) is 0 Å². The molecule has 1 unspecified atom stereocenters. The van der Waals surface area contributed by atoms with Crippen molar-refractivity contribution >= 4 is 28.9 Å². The molecule has 176 valence electrons. The Hall–Kier alpha value is -4.25. The zero-order chi connectivity index (χ0) is 24.2. The molecule has 0 aliphatic rings. The minimum atomic E-state index is -0.524. The lowest BCUT2D eigenvalue weighted by atomic mass is 10.2. The van der Waals surface area contributed by atoms with Crippen molar-refractivity contribution in [1.82, 2.24) is 24.5 Å². The Balaban J connectivity index is 1.71. The lowest BCUT2D eigenvalue weighted by molar-refractivity contribution is 0.0943. The molecule has 4 N–H and O–H groups in total. The fourth-order valence-corrected chi connectivity index (χ4v) is 3.36. The summed E-state index contributed by atoms with van der Waals surface area (Å²) in [7, 11) is 1.69. The SMILES string of the molecule is CNc1cc(Nc2cccn(-c3ccccc3F)c2=O)nc2c(C(=O)NCC(C)CO)cnn12. The molecule has 0 bridgehead atoms. The van der Waals surface area contributed by atoms with Crippen molar-refractivity contribution < 1.29 is 14.3 Å². The molecule has 10 nitrogen and oxygen atoms in total. The van der Waals surface area contributed by atoms with E-state index < -0.39 is 11.4 Å². The van der Waals surface area contributed by atoms with Gasteiger partial charge in [-0.15, -0.1) is 0 Å². The first-order valence-electron chi connectivity index (χ1n) is 10.6. The number of aliphatic hydroxyl groups excluding tert-OH is 1. The van der Waals surface area contributed by atoms with Gasteiger partial charge in [-0.25, -0.2) is 9.37 Å². The highest BCUT2D eigenvalue weighted by molar-refractivity contribution is 6.00. The molecule has 0 fully saturated rings. The summed E-state index contributed by atoms with van der Waals surface area (Å²) in [5, 5.41) is 22.1. The monoisotopic (exact) mass is 465 g/mol. The number of anilines is 3. The lowest BCUT2D eigenvalue weighted by Crippen LogP contribution is -2.29. The number of amides is 1. The average molecular weight is 465 g/mol. The van der Waals surface area contributed by atoms with Crippen LogP contribution in [0.3, 0.4) is 0 Å². The number of hydrogen-bond donors (Lipinski definition) is 4. The molecule has 0 aliphatic heterocycles. The Morgan fingerprint density at radius 2 is 2.03 bits per heavy atom. The van der Waals surface area contributed by atoms with Gasteiger partial charge in [0.15, 0.2) is 5.65 Å². The maximum atomic E-state index is 14.2. The predicted octanol–water partition coefficient (Wildman–Crippen LogP) is 2.16. The van der Waals surface area contributed by atoms with Gasteiger partial charge >= 0.3 is 0 Å². The van der Waals surface area contributed by atoms with Crippen LogP contribution in [0.1, 0.15) is 17.3 Å². The number of aromatic nitrogens is 4. The van der Waals surface area contributed by atoms with E-state index in [1.165, 1.54) is 33.6 Å². The van der Waals surface area contributed by atoms with Gasteiger partial charge in [-0.05, 0) is 30.2 Å². The topological polar surface area (TPSA) is 126 Å². The van der Waals surface area contributed by atoms with Crippen molar-refractivity contribution in [3.8, 4) is 5.69 Å². The van der Waals surface area contributed by atoms with E-state index >= 15 is 0 Å². The molecule has 0 radical (unpaired) electrons. The van der Waals surface area contributed by atoms with Gasteiger partial charge in [0.05, 0.1) is 11.9 Å². The van der Waals surface area contributed by atoms with E-state index in [1.54, 1.807) is 37.4 Å². The van der Waals surface area contributed by atoms with Gasteiger partial charge in [-0.2, -0.15) is 9.61 Å². The van der Waals surface area contributed by atoms with E-state index in [0.29, 0.717) is 18.2 Å². The minimum Gasteiger partial charge on any atom is -0.396 e. The van der Waals surface area contributed by atoms with E-state index in [2.05, 4.69) is 26.0 Å².